The summed E-state index contributed by atoms with van der Waals surface area (Å²) in [6.07, 6.45) is 0. The van der Waals surface area contributed by atoms with E-state index in [-0.39, 0.29) is 18.0 Å². The summed E-state index contributed by atoms with van der Waals surface area (Å²) in [6, 6.07) is 18.1. The van der Waals surface area contributed by atoms with Gasteiger partial charge in [0.2, 0.25) is 0 Å². The smallest absolute Gasteiger partial charge is 0.337 e. The summed E-state index contributed by atoms with van der Waals surface area (Å²) >= 11 is 0. The first kappa shape index (κ1) is 16.7. The zero-order chi connectivity index (χ0) is 17.8. The maximum atomic E-state index is 13.0. The van der Waals surface area contributed by atoms with E-state index in [0.717, 1.165) is 16.7 Å². The molecule has 0 spiro atoms. The quantitative estimate of drug-likeness (QED) is 0.644. The third kappa shape index (κ3) is 3.84. The van der Waals surface area contributed by atoms with Crippen molar-refractivity contribution in [2.24, 2.45) is 0 Å². The van der Waals surface area contributed by atoms with E-state index in [1.165, 1.54) is 18.2 Å². The summed E-state index contributed by atoms with van der Waals surface area (Å²) in [5.41, 5.74) is 3.67. The molecule has 3 aromatic carbocycles. The zero-order valence-corrected chi connectivity index (χ0v) is 13.2. The van der Waals surface area contributed by atoms with Crippen molar-refractivity contribution in [3.05, 3.63) is 83.7 Å². The normalized spacial score (nSPS) is 10.5. The van der Waals surface area contributed by atoms with Gasteiger partial charge in [-0.2, -0.15) is 0 Å². The molecule has 0 bridgehead atoms. The van der Waals surface area contributed by atoms with Crippen LogP contribution >= 0.6 is 0 Å². The van der Waals surface area contributed by atoms with Crippen LogP contribution in [0.1, 0.15) is 15.9 Å². The molecule has 0 fully saturated rings. The number of carboxylic acids is 1. The first-order valence-electron chi connectivity index (χ1n) is 7.67. The predicted octanol–water partition coefficient (Wildman–Crippen LogP) is 4.43. The summed E-state index contributed by atoms with van der Waals surface area (Å²) in [5.74, 6) is -1.41. The lowest BCUT2D eigenvalue weighted by Crippen LogP contribution is -2.03. The van der Waals surface area contributed by atoms with Crippen LogP contribution in [-0.4, -0.2) is 16.2 Å². The predicted molar refractivity (Wildman–Crippen MR) is 94.4 cm³/mol. The number of rotatable bonds is 5. The third-order valence-electron chi connectivity index (χ3n) is 3.84. The Morgan fingerprint density at radius 1 is 0.920 bits per heavy atom. The van der Waals surface area contributed by atoms with Gasteiger partial charge in [-0.15, -0.1) is 0 Å². The first-order chi connectivity index (χ1) is 12.1. The number of anilines is 2. The van der Waals surface area contributed by atoms with Gasteiger partial charge in [0.05, 0.1) is 17.9 Å². The first-order valence-corrected chi connectivity index (χ1v) is 7.67. The molecule has 0 atom stereocenters. The second-order valence-corrected chi connectivity index (χ2v) is 5.55. The number of nitrogens with one attached hydrogen (secondary N) is 1. The average molecular weight is 337 g/mol. The van der Waals surface area contributed by atoms with E-state index in [1.807, 2.05) is 24.3 Å². The van der Waals surface area contributed by atoms with E-state index >= 15 is 0 Å². The number of carboxylic acid groups (broad SMARTS) is 1. The lowest BCUT2D eigenvalue weighted by Gasteiger charge is -2.12. The number of hydrogen-bond acceptors (Lipinski definition) is 3. The molecule has 4 nitrogen and oxygen atoms in total. The molecule has 0 unspecified atom stereocenters. The Hall–Kier alpha value is -3.18. The number of aliphatic hydroxyl groups excluding tert-OH is 1. The number of aliphatic hydroxyl groups is 1. The van der Waals surface area contributed by atoms with Gasteiger partial charge in [-0.05, 0) is 53.1 Å². The van der Waals surface area contributed by atoms with Gasteiger partial charge in [0.15, 0.2) is 0 Å². The molecule has 0 saturated heterocycles. The highest BCUT2D eigenvalue weighted by molar-refractivity contribution is 5.96. The van der Waals surface area contributed by atoms with Crippen molar-refractivity contribution in [3.63, 3.8) is 0 Å². The molecule has 0 aliphatic rings. The van der Waals surface area contributed by atoms with Crippen molar-refractivity contribution in [2.75, 3.05) is 5.32 Å². The van der Waals surface area contributed by atoms with Crippen LogP contribution in [0.2, 0.25) is 0 Å². The lowest BCUT2D eigenvalue weighted by atomic mass is 10.0. The van der Waals surface area contributed by atoms with Crippen molar-refractivity contribution < 1.29 is 19.4 Å². The highest BCUT2D eigenvalue weighted by Gasteiger charge is 2.12. The average Bonchev–Trinajstić information content (AvgIpc) is 2.63. The molecule has 3 aromatic rings. The summed E-state index contributed by atoms with van der Waals surface area (Å²) < 4.78 is 13.0. The molecule has 0 aliphatic carbocycles. The fraction of sp³-hybridized carbons (Fsp3) is 0.0500. The monoisotopic (exact) mass is 337 g/mol. The van der Waals surface area contributed by atoms with Crippen molar-refractivity contribution in [2.45, 2.75) is 6.61 Å². The Bertz CT molecular complexity index is 890. The lowest BCUT2D eigenvalue weighted by molar-refractivity contribution is 0.0698. The Kier molecular flexibility index (Phi) is 4.77. The maximum Gasteiger partial charge on any atom is 0.337 e. The molecular formula is C20H16FNO3. The summed E-state index contributed by atoms with van der Waals surface area (Å²) in [6.45, 7) is -0.0321. The van der Waals surface area contributed by atoms with Crippen LogP contribution in [0.15, 0.2) is 66.7 Å². The fourth-order valence-electron chi connectivity index (χ4n) is 2.51. The summed E-state index contributed by atoms with van der Waals surface area (Å²) in [4.78, 5) is 11.5. The molecule has 126 valence electrons. The van der Waals surface area contributed by atoms with Crippen LogP contribution in [0, 0.1) is 5.82 Å². The Morgan fingerprint density at radius 3 is 2.16 bits per heavy atom. The van der Waals surface area contributed by atoms with Crippen LogP contribution in [0.3, 0.4) is 0 Å². The van der Waals surface area contributed by atoms with Crippen LogP contribution in [0.4, 0.5) is 15.8 Å². The summed E-state index contributed by atoms with van der Waals surface area (Å²) in [7, 11) is 0. The zero-order valence-electron chi connectivity index (χ0n) is 13.2. The number of carbonyl (C=O) groups is 1. The van der Waals surface area contributed by atoms with Crippen molar-refractivity contribution in [1.29, 1.82) is 0 Å². The van der Waals surface area contributed by atoms with Crippen molar-refractivity contribution >= 4 is 17.3 Å². The molecule has 25 heavy (non-hydrogen) atoms. The molecule has 0 aliphatic heterocycles. The number of hydrogen-bond donors (Lipinski definition) is 3. The van der Waals surface area contributed by atoms with E-state index in [0.29, 0.717) is 11.4 Å². The molecule has 0 saturated carbocycles. The standard InChI is InChI=1S/C20H16FNO3/c21-16-6-8-17(9-7-16)22-19-11-15(5-10-18(19)20(24)25)14-3-1-13(12-23)2-4-14/h1-11,22-23H,12H2,(H,24,25). The molecule has 0 radical (unpaired) electrons. The topological polar surface area (TPSA) is 69.6 Å². The molecule has 3 rings (SSSR count). The number of halogens is 1. The maximum absolute atomic E-state index is 13.0. The number of aromatic carboxylic acids is 1. The largest absolute Gasteiger partial charge is 0.478 e. The van der Waals surface area contributed by atoms with Gasteiger partial charge in [-0.25, -0.2) is 9.18 Å². The Balaban J connectivity index is 1.98. The molecule has 0 aromatic heterocycles. The van der Waals surface area contributed by atoms with Crippen molar-refractivity contribution in [3.8, 4) is 11.1 Å². The molecule has 3 N–H and O–H groups in total. The summed E-state index contributed by atoms with van der Waals surface area (Å²) in [5, 5.41) is 21.5. The van der Waals surface area contributed by atoms with E-state index < -0.39 is 5.97 Å². The minimum absolute atomic E-state index is 0.0321. The van der Waals surface area contributed by atoms with E-state index in [1.54, 1.807) is 24.3 Å². The van der Waals surface area contributed by atoms with Gasteiger partial charge in [-0.1, -0.05) is 30.3 Å². The fourth-order valence-corrected chi connectivity index (χ4v) is 2.51. The number of benzene rings is 3. The van der Waals surface area contributed by atoms with Gasteiger partial charge in [0.25, 0.3) is 0 Å². The van der Waals surface area contributed by atoms with Crippen molar-refractivity contribution in [1.82, 2.24) is 0 Å². The Morgan fingerprint density at radius 2 is 1.56 bits per heavy atom. The third-order valence-corrected chi connectivity index (χ3v) is 3.84. The highest BCUT2D eigenvalue weighted by Crippen LogP contribution is 2.28. The Labute approximate surface area is 144 Å². The SMILES string of the molecule is O=C(O)c1ccc(-c2ccc(CO)cc2)cc1Nc1ccc(F)cc1. The second kappa shape index (κ2) is 7.15. The highest BCUT2D eigenvalue weighted by atomic mass is 19.1. The second-order valence-electron chi connectivity index (χ2n) is 5.55. The minimum atomic E-state index is -1.05. The van der Waals surface area contributed by atoms with Crippen LogP contribution in [0.5, 0.6) is 0 Å². The minimum Gasteiger partial charge on any atom is -0.478 e. The van der Waals surface area contributed by atoms with Gasteiger partial charge in [0, 0.05) is 5.69 Å². The molecule has 0 amide bonds. The van der Waals surface area contributed by atoms with Gasteiger partial charge in [0.1, 0.15) is 5.82 Å². The molecule has 5 heteroatoms. The van der Waals surface area contributed by atoms with Gasteiger partial charge < -0.3 is 15.5 Å². The van der Waals surface area contributed by atoms with E-state index in [4.69, 9.17) is 5.11 Å². The van der Waals surface area contributed by atoms with Gasteiger partial charge >= 0.3 is 5.97 Å². The van der Waals surface area contributed by atoms with Crippen LogP contribution in [0.25, 0.3) is 11.1 Å². The van der Waals surface area contributed by atoms with Crippen LogP contribution < -0.4 is 5.32 Å². The van der Waals surface area contributed by atoms with E-state index in [2.05, 4.69) is 5.32 Å². The van der Waals surface area contributed by atoms with Crippen LogP contribution in [-0.2, 0) is 6.61 Å². The molecule has 0 heterocycles. The molecular weight excluding hydrogens is 321 g/mol. The van der Waals surface area contributed by atoms with E-state index in [9.17, 15) is 14.3 Å². The van der Waals surface area contributed by atoms with Gasteiger partial charge in [-0.3, -0.25) is 0 Å².